The summed E-state index contributed by atoms with van der Waals surface area (Å²) in [4.78, 5) is 23.2. The lowest BCUT2D eigenvalue weighted by Gasteiger charge is -2.09. The largest absolute Gasteiger partial charge is 0.497 e. The predicted octanol–water partition coefficient (Wildman–Crippen LogP) is 4.05. The Morgan fingerprint density at radius 1 is 1.20 bits per heavy atom. The van der Waals surface area contributed by atoms with Crippen molar-refractivity contribution in [2.75, 3.05) is 7.11 Å². The molecule has 1 aromatic carbocycles. The molecule has 0 spiro atoms. The number of rotatable bonds is 10. The summed E-state index contributed by atoms with van der Waals surface area (Å²) in [5.74, 6) is 0.606. The van der Waals surface area contributed by atoms with Crippen molar-refractivity contribution < 1.29 is 14.3 Å². The molecule has 0 bridgehead atoms. The normalized spacial score (nSPS) is 11.9. The Morgan fingerprint density at radius 2 is 1.90 bits per heavy atom. The Labute approximate surface area is 121 Å². The summed E-state index contributed by atoms with van der Waals surface area (Å²) in [5, 5.41) is 0. The number of carbonyl (C=O) groups excluding carboxylic acids is 2. The van der Waals surface area contributed by atoms with Gasteiger partial charge in [-0.3, -0.25) is 4.79 Å². The summed E-state index contributed by atoms with van der Waals surface area (Å²) in [5.41, 5.74) is 0.645. The molecular formula is C17H24O3. The molecule has 0 saturated heterocycles. The van der Waals surface area contributed by atoms with E-state index < -0.39 is 0 Å². The number of benzene rings is 1. The SMILES string of the molecule is CCCCCCC(C=O)CC(=O)c1ccc(OC)cc1. The number of hydrogen-bond acceptors (Lipinski definition) is 3. The third-order valence-corrected chi connectivity index (χ3v) is 3.48. The smallest absolute Gasteiger partial charge is 0.163 e. The number of ether oxygens (including phenoxy) is 1. The van der Waals surface area contributed by atoms with Crippen LogP contribution in [0.5, 0.6) is 5.75 Å². The molecule has 3 heteroatoms. The number of unbranched alkanes of at least 4 members (excludes halogenated alkanes) is 3. The Hall–Kier alpha value is -1.64. The number of aldehydes is 1. The Kier molecular flexibility index (Phi) is 7.63. The molecule has 0 saturated carbocycles. The fourth-order valence-corrected chi connectivity index (χ4v) is 2.18. The van der Waals surface area contributed by atoms with Crippen molar-refractivity contribution in [2.45, 2.75) is 45.4 Å². The van der Waals surface area contributed by atoms with Gasteiger partial charge < -0.3 is 9.53 Å². The highest BCUT2D eigenvalue weighted by molar-refractivity contribution is 5.97. The maximum atomic E-state index is 12.1. The van der Waals surface area contributed by atoms with Crippen molar-refractivity contribution in [1.29, 1.82) is 0 Å². The topological polar surface area (TPSA) is 43.4 Å². The van der Waals surface area contributed by atoms with E-state index in [4.69, 9.17) is 4.74 Å². The lowest BCUT2D eigenvalue weighted by atomic mass is 9.94. The van der Waals surface area contributed by atoms with E-state index in [1.54, 1.807) is 31.4 Å². The van der Waals surface area contributed by atoms with Gasteiger partial charge in [0.05, 0.1) is 7.11 Å². The van der Waals surface area contributed by atoms with Gasteiger partial charge in [-0.15, -0.1) is 0 Å². The summed E-state index contributed by atoms with van der Waals surface area (Å²) in [6, 6.07) is 7.04. The third kappa shape index (κ3) is 5.55. The van der Waals surface area contributed by atoms with Crippen LogP contribution in [-0.2, 0) is 4.79 Å². The predicted molar refractivity (Wildman–Crippen MR) is 80.3 cm³/mol. The molecule has 110 valence electrons. The molecule has 1 rings (SSSR count). The average molecular weight is 276 g/mol. The van der Waals surface area contributed by atoms with Crippen LogP contribution < -0.4 is 4.74 Å². The molecule has 0 radical (unpaired) electrons. The highest BCUT2D eigenvalue weighted by atomic mass is 16.5. The van der Waals surface area contributed by atoms with Gasteiger partial charge in [-0.05, 0) is 30.7 Å². The summed E-state index contributed by atoms with van der Waals surface area (Å²) in [7, 11) is 1.59. The van der Waals surface area contributed by atoms with Crippen LogP contribution in [0.3, 0.4) is 0 Å². The fourth-order valence-electron chi connectivity index (χ4n) is 2.18. The second-order valence-electron chi connectivity index (χ2n) is 5.10. The molecule has 0 heterocycles. The quantitative estimate of drug-likeness (QED) is 0.368. The zero-order valence-electron chi connectivity index (χ0n) is 12.4. The summed E-state index contributed by atoms with van der Waals surface area (Å²) >= 11 is 0. The van der Waals surface area contributed by atoms with E-state index in [-0.39, 0.29) is 11.7 Å². The molecule has 1 unspecified atom stereocenters. The van der Waals surface area contributed by atoms with Crippen LogP contribution in [0.15, 0.2) is 24.3 Å². The summed E-state index contributed by atoms with van der Waals surface area (Å²) in [6.45, 7) is 2.16. The van der Waals surface area contributed by atoms with E-state index in [2.05, 4.69) is 6.92 Å². The number of ketones is 1. The zero-order chi connectivity index (χ0) is 14.8. The standard InChI is InChI=1S/C17H24O3/c1-3-4-5-6-7-14(13-18)12-17(19)15-8-10-16(20-2)11-9-15/h8-11,13-14H,3-7,12H2,1-2H3. The molecule has 0 aliphatic carbocycles. The first-order chi connectivity index (χ1) is 9.71. The van der Waals surface area contributed by atoms with Gasteiger partial charge in [0.25, 0.3) is 0 Å². The van der Waals surface area contributed by atoms with Crippen molar-refractivity contribution in [1.82, 2.24) is 0 Å². The van der Waals surface area contributed by atoms with Crippen LogP contribution in [0.2, 0.25) is 0 Å². The van der Waals surface area contributed by atoms with Gasteiger partial charge in [0, 0.05) is 17.9 Å². The molecule has 0 aliphatic rings. The summed E-state index contributed by atoms with van der Waals surface area (Å²) < 4.78 is 5.06. The minimum absolute atomic E-state index is 0.0280. The van der Waals surface area contributed by atoms with Gasteiger partial charge in [0.1, 0.15) is 12.0 Å². The average Bonchev–Trinajstić information content (AvgIpc) is 2.50. The first-order valence-corrected chi connectivity index (χ1v) is 7.33. The maximum absolute atomic E-state index is 12.1. The van der Waals surface area contributed by atoms with Crippen LogP contribution in [0.1, 0.15) is 55.8 Å². The van der Waals surface area contributed by atoms with Crippen LogP contribution in [0.4, 0.5) is 0 Å². The van der Waals surface area contributed by atoms with Crippen molar-refractivity contribution in [3.63, 3.8) is 0 Å². The molecule has 20 heavy (non-hydrogen) atoms. The van der Waals surface area contributed by atoms with E-state index in [0.717, 1.165) is 31.3 Å². The molecule has 0 aliphatic heterocycles. The van der Waals surface area contributed by atoms with E-state index in [0.29, 0.717) is 12.0 Å². The molecule has 1 aromatic rings. The second-order valence-corrected chi connectivity index (χ2v) is 5.10. The lowest BCUT2D eigenvalue weighted by Crippen LogP contribution is -2.10. The van der Waals surface area contributed by atoms with E-state index in [1.807, 2.05) is 0 Å². The highest BCUT2D eigenvalue weighted by Gasteiger charge is 2.14. The first kappa shape index (κ1) is 16.4. The Morgan fingerprint density at radius 3 is 2.45 bits per heavy atom. The van der Waals surface area contributed by atoms with E-state index in [9.17, 15) is 9.59 Å². The van der Waals surface area contributed by atoms with Gasteiger partial charge in [0.15, 0.2) is 5.78 Å². The molecule has 0 N–H and O–H groups in total. The van der Waals surface area contributed by atoms with Crippen molar-refractivity contribution in [2.24, 2.45) is 5.92 Å². The minimum Gasteiger partial charge on any atom is -0.497 e. The van der Waals surface area contributed by atoms with Gasteiger partial charge in [-0.1, -0.05) is 32.6 Å². The van der Waals surface area contributed by atoms with Crippen molar-refractivity contribution in [3.8, 4) is 5.75 Å². The van der Waals surface area contributed by atoms with Crippen LogP contribution >= 0.6 is 0 Å². The first-order valence-electron chi connectivity index (χ1n) is 7.33. The summed E-state index contributed by atoms with van der Waals surface area (Å²) in [6.07, 6.45) is 6.57. The van der Waals surface area contributed by atoms with Gasteiger partial charge in [-0.2, -0.15) is 0 Å². The van der Waals surface area contributed by atoms with Crippen LogP contribution in [-0.4, -0.2) is 19.2 Å². The van der Waals surface area contributed by atoms with Crippen LogP contribution in [0, 0.1) is 5.92 Å². The van der Waals surface area contributed by atoms with Gasteiger partial charge in [-0.25, -0.2) is 0 Å². The maximum Gasteiger partial charge on any atom is 0.163 e. The third-order valence-electron chi connectivity index (χ3n) is 3.48. The number of methoxy groups -OCH3 is 1. The molecular weight excluding hydrogens is 252 g/mol. The lowest BCUT2D eigenvalue weighted by molar-refractivity contribution is -0.111. The van der Waals surface area contributed by atoms with E-state index in [1.165, 1.54) is 12.8 Å². The van der Waals surface area contributed by atoms with Gasteiger partial charge in [0.2, 0.25) is 0 Å². The molecule has 1 atom stereocenters. The fraction of sp³-hybridized carbons (Fsp3) is 0.529. The van der Waals surface area contributed by atoms with Crippen molar-refractivity contribution >= 4 is 12.1 Å². The van der Waals surface area contributed by atoms with E-state index >= 15 is 0 Å². The zero-order valence-corrected chi connectivity index (χ0v) is 12.4. The van der Waals surface area contributed by atoms with Crippen molar-refractivity contribution in [3.05, 3.63) is 29.8 Å². The molecule has 0 fully saturated rings. The monoisotopic (exact) mass is 276 g/mol. The highest BCUT2D eigenvalue weighted by Crippen LogP contribution is 2.18. The minimum atomic E-state index is -0.151. The Bertz CT molecular complexity index is 409. The number of Topliss-reactive ketones (excluding diaryl/α,β-unsaturated/α-hetero) is 1. The number of carbonyl (C=O) groups is 2. The molecule has 3 nitrogen and oxygen atoms in total. The van der Waals surface area contributed by atoms with Crippen LogP contribution in [0.25, 0.3) is 0 Å². The second kappa shape index (κ2) is 9.29. The van der Waals surface area contributed by atoms with Gasteiger partial charge >= 0.3 is 0 Å². The Balaban J connectivity index is 2.46. The number of hydrogen-bond donors (Lipinski definition) is 0. The molecule has 0 aromatic heterocycles. The molecule has 0 amide bonds.